The third-order valence-corrected chi connectivity index (χ3v) is 4.91. The van der Waals surface area contributed by atoms with Crippen molar-refractivity contribution in [3.8, 4) is 5.75 Å². The quantitative estimate of drug-likeness (QED) is 0.676. The van der Waals surface area contributed by atoms with Crippen molar-refractivity contribution in [2.24, 2.45) is 0 Å². The van der Waals surface area contributed by atoms with Crippen LogP contribution >= 0.6 is 0 Å². The molecular formula is C18H28N2O6S. The van der Waals surface area contributed by atoms with E-state index in [0.717, 1.165) is 0 Å². The maximum absolute atomic E-state index is 12.5. The van der Waals surface area contributed by atoms with Crippen LogP contribution < -0.4 is 14.8 Å². The first kappa shape index (κ1) is 22.9. The lowest BCUT2D eigenvalue weighted by Crippen LogP contribution is -2.46. The molecule has 1 atom stereocenters. The van der Waals surface area contributed by atoms with Crippen molar-refractivity contribution < 1.29 is 27.5 Å². The molecule has 1 unspecified atom stereocenters. The Morgan fingerprint density at radius 1 is 1.11 bits per heavy atom. The fraction of sp³-hybridized carbons (Fsp3) is 0.556. The third-order valence-electron chi connectivity index (χ3n) is 3.23. The van der Waals surface area contributed by atoms with Crippen LogP contribution in [0.3, 0.4) is 0 Å². The van der Waals surface area contributed by atoms with Crippen molar-refractivity contribution >= 4 is 21.9 Å². The molecule has 0 aliphatic heterocycles. The molecule has 27 heavy (non-hydrogen) atoms. The molecule has 0 spiro atoms. The lowest BCUT2D eigenvalue weighted by molar-refractivity contribution is -0.130. The van der Waals surface area contributed by atoms with Crippen LogP contribution in [0.1, 0.15) is 51.9 Å². The lowest BCUT2D eigenvalue weighted by Gasteiger charge is -2.23. The lowest BCUT2D eigenvalue weighted by atomic mass is 10.1. The van der Waals surface area contributed by atoms with Crippen LogP contribution in [-0.2, 0) is 19.6 Å². The van der Waals surface area contributed by atoms with E-state index in [1.165, 1.54) is 32.2 Å². The first-order chi connectivity index (χ1) is 12.3. The summed E-state index contributed by atoms with van der Waals surface area (Å²) < 4.78 is 37.6. The van der Waals surface area contributed by atoms with E-state index in [1.54, 1.807) is 13.8 Å². The molecule has 1 aromatic rings. The molecule has 0 heterocycles. The Morgan fingerprint density at radius 3 is 2.19 bits per heavy atom. The smallest absolute Gasteiger partial charge is 0.338 e. The number of sulfonamides is 1. The number of hydrogen-bond acceptors (Lipinski definition) is 6. The summed E-state index contributed by atoms with van der Waals surface area (Å²) in [6.07, 6.45) is -1.03. The van der Waals surface area contributed by atoms with Crippen LogP contribution in [0, 0.1) is 0 Å². The van der Waals surface area contributed by atoms with Crippen molar-refractivity contribution in [2.45, 2.75) is 64.1 Å². The summed E-state index contributed by atoms with van der Waals surface area (Å²) in [4.78, 5) is 24.2. The zero-order chi connectivity index (χ0) is 21.0. The van der Waals surface area contributed by atoms with E-state index in [9.17, 15) is 18.0 Å². The monoisotopic (exact) mass is 400 g/mol. The fourth-order valence-corrected chi connectivity index (χ4v) is 3.59. The van der Waals surface area contributed by atoms with Crippen molar-refractivity contribution in [1.29, 1.82) is 0 Å². The van der Waals surface area contributed by atoms with Crippen LogP contribution in [0.15, 0.2) is 23.1 Å². The Balaban J connectivity index is 3.09. The number of carbonyl (C=O) groups excluding carboxylic acids is 2. The summed E-state index contributed by atoms with van der Waals surface area (Å²) in [6.45, 7) is 10.2. The maximum Gasteiger partial charge on any atom is 0.338 e. The SMILES string of the molecule is COc1ccc(C(=O)OC(C)C(=O)NC(C)(C)C)cc1S(=O)(=O)NC(C)C. The normalized spacial score (nSPS) is 13.2. The number of hydrogen-bond donors (Lipinski definition) is 2. The fourth-order valence-electron chi connectivity index (χ4n) is 2.14. The standard InChI is InChI=1S/C18H28N2O6S/c1-11(2)20-27(23,24)15-10-13(8-9-14(15)25-7)17(22)26-12(3)16(21)19-18(4,5)6/h8-12,20H,1-7H3,(H,19,21). The van der Waals surface area contributed by atoms with Gasteiger partial charge in [0.25, 0.3) is 5.91 Å². The minimum absolute atomic E-state index is 0.00432. The van der Waals surface area contributed by atoms with E-state index in [0.29, 0.717) is 0 Å². The zero-order valence-electron chi connectivity index (χ0n) is 16.7. The highest BCUT2D eigenvalue weighted by molar-refractivity contribution is 7.89. The molecule has 0 bridgehead atoms. The van der Waals surface area contributed by atoms with Gasteiger partial charge >= 0.3 is 5.97 Å². The molecule has 0 saturated heterocycles. The van der Waals surface area contributed by atoms with Crippen LogP contribution in [0.5, 0.6) is 5.75 Å². The molecule has 1 aromatic carbocycles. The largest absolute Gasteiger partial charge is 0.495 e. The van der Waals surface area contributed by atoms with E-state index in [-0.39, 0.29) is 22.3 Å². The zero-order valence-corrected chi connectivity index (χ0v) is 17.6. The molecule has 0 aromatic heterocycles. The summed E-state index contributed by atoms with van der Waals surface area (Å²) >= 11 is 0. The number of nitrogens with one attached hydrogen (secondary N) is 2. The summed E-state index contributed by atoms with van der Waals surface area (Å²) in [5, 5.41) is 2.71. The van der Waals surface area contributed by atoms with Gasteiger partial charge in [0, 0.05) is 11.6 Å². The molecule has 1 rings (SSSR count). The minimum atomic E-state index is -3.89. The Morgan fingerprint density at radius 2 is 1.70 bits per heavy atom. The second kappa shape index (κ2) is 8.71. The number of carbonyl (C=O) groups is 2. The predicted octanol–water partition coefficient (Wildman–Crippen LogP) is 1.84. The van der Waals surface area contributed by atoms with Crippen molar-refractivity contribution in [1.82, 2.24) is 10.0 Å². The van der Waals surface area contributed by atoms with Gasteiger partial charge in [0.05, 0.1) is 12.7 Å². The molecule has 2 N–H and O–H groups in total. The predicted molar refractivity (Wildman–Crippen MR) is 101 cm³/mol. The van der Waals surface area contributed by atoms with E-state index >= 15 is 0 Å². The maximum atomic E-state index is 12.5. The number of amides is 1. The average molecular weight is 400 g/mol. The topological polar surface area (TPSA) is 111 Å². The van der Waals surface area contributed by atoms with Gasteiger partial charge in [-0.05, 0) is 59.7 Å². The molecule has 0 fully saturated rings. The van der Waals surface area contributed by atoms with Crippen molar-refractivity contribution in [3.63, 3.8) is 0 Å². The molecule has 1 amide bonds. The van der Waals surface area contributed by atoms with Crippen molar-refractivity contribution in [2.75, 3.05) is 7.11 Å². The van der Waals surface area contributed by atoms with Crippen molar-refractivity contribution in [3.05, 3.63) is 23.8 Å². The summed E-state index contributed by atoms with van der Waals surface area (Å²) in [6, 6.07) is 3.58. The molecular weight excluding hydrogens is 372 g/mol. The summed E-state index contributed by atoms with van der Waals surface area (Å²) in [5.41, 5.74) is -0.475. The highest BCUT2D eigenvalue weighted by Crippen LogP contribution is 2.25. The Bertz CT molecular complexity index is 797. The summed E-state index contributed by atoms with van der Waals surface area (Å²) in [7, 11) is -2.56. The van der Waals surface area contributed by atoms with E-state index in [2.05, 4.69) is 10.0 Å². The number of benzene rings is 1. The van der Waals surface area contributed by atoms with Gasteiger partial charge in [-0.1, -0.05) is 0 Å². The first-order valence-corrected chi connectivity index (χ1v) is 9.98. The molecule has 9 heteroatoms. The van der Waals surface area contributed by atoms with Gasteiger partial charge < -0.3 is 14.8 Å². The molecule has 0 saturated carbocycles. The van der Waals surface area contributed by atoms with E-state index < -0.39 is 33.5 Å². The van der Waals surface area contributed by atoms with Crippen LogP contribution in [-0.4, -0.2) is 45.1 Å². The number of methoxy groups -OCH3 is 1. The highest BCUT2D eigenvalue weighted by atomic mass is 32.2. The number of ether oxygens (including phenoxy) is 2. The second-order valence-corrected chi connectivity index (χ2v) is 9.11. The third kappa shape index (κ3) is 6.84. The van der Waals surface area contributed by atoms with Gasteiger partial charge in [-0.3, -0.25) is 4.79 Å². The number of rotatable bonds is 7. The first-order valence-electron chi connectivity index (χ1n) is 8.50. The molecule has 0 aliphatic carbocycles. The minimum Gasteiger partial charge on any atom is -0.495 e. The Labute approximate surface area is 160 Å². The van der Waals surface area contributed by atoms with Crippen LogP contribution in [0.4, 0.5) is 0 Å². The van der Waals surface area contributed by atoms with Gasteiger partial charge in [0.1, 0.15) is 10.6 Å². The van der Waals surface area contributed by atoms with Gasteiger partial charge in [0.2, 0.25) is 10.0 Å². The summed E-state index contributed by atoms with van der Waals surface area (Å²) in [5.74, 6) is -1.16. The van der Waals surface area contributed by atoms with E-state index in [4.69, 9.17) is 9.47 Å². The van der Waals surface area contributed by atoms with Gasteiger partial charge in [0.15, 0.2) is 6.10 Å². The number of esters is 1. The second-order valence-electron chi connectivity index (χ2n) is 7.43. The molecule has 0 radical (unpaired) electrons. The van der Waals surface area contributed by atoms with Crippen LogP contribution in [0.25, 0.3) is 0 Å². The Hall–Kier alpha value is -2.13. The molecule has 152 valence electrons. The van der Waals surface area contributed by atoms with Gasteiger partial charge in [-0.2, -0.15) is 0 Å². The average Bonchev–Trinajstić information content (AvgIpc) is 2.51. The van der Waals surface area contributed by atoms with E-state index in [1.807, 2.05) is 20.8 Å². The molecule has 8 nitrogen and oxygen atoms in total. The van der Waals surface area contributed by atoms with Gasteiger partial charge in [-0.15, -0.1) is 0 Å². The van der Waals surface area contributed by atoms with Crippen LogP contribution in [0.2, 0.25) is 0 Å². The Kier molecular flexibility index (Phi) is 7.39. The molecule has 0 aliphatic rings. The van der Waals surface area contributed by atoms with Gasteiger partial charge in [-0.25, -0.2) is 17.9 Å². The highest BCUT2D eigenvalue weighted by Gasteiger charge is 2.26.